The summed E-state index contributed by atoms with van der Waals surface area (Å²) in [7, 11) is 0. The Morgan fingerprint density at radius 2 is 0.941 bits per heavy atom. The molecule has 0 N–H and O–H groups in total. The topological polar surface area (TPSA) is 49.4 Å². The van der Waals surface area contributed by atoms with Crippen molar-refractivity contribution in [2.24, 2.45) is 32.3 Å². The largest absolute Gasteiger partial charge is 0.174 e. The van der Waals surface area contributed by atoms with Crippen molar-refractivity contribution in [3.8, 4) is 0 Å². The Morgan fingerprint density at radius 1 is 0.647 bits per heavy atom. The average molecular weight is 492 g/mol. The van der Waals surface area contributed by atoms with Crippen LogP contribution in [0.4, 0.5) is 0 Å². The molecule has 0 aromatic rings. The molecule has 4 rings (SSSR count). The van der Waals surface area contributed by atoms with Crippen LogP contribution in [0.3, 0.4) is 0 Å². The van der Waals surface area contributed by atoms with E-state index >= 15 is 0 Å². The van der Waals surface area contributed by atoms with Gasteiger partial charge in [-0.3, -0.25) is 0 Å². The van der Waals surface area contributed by atoms with Gasteiger partial charge in [-0.05, 0) is 6.42 Å². The summed E-state index contributed by atoms with van der Waals surface area (Å²) in [5.41, 5.74) is 0. The third-order valence-electron chi connectivity index (χ3n) is 4.36. The van der Waals surface area contributed by atoms with Crippen LogP contribution in [-0.2, 0) is 0 Å². The molecule has 92 valence electrons. The standard InChI is InChI=1S/C9H8Br4N4/c10-6-2-7(11)5-1-4(6)8(12,16-14-6)3-9(5,13)17-15-7/h4-5H,1-3H2/t4?,5?,6-,7-,8+,9+. The molecule has 2 bridgehead atoms. The highest BCUT2D eigenvalue weighted by Crippen LogP contribution is 2.72. The highest BCUT2D eigenvalue weighted by atomic mass is 79.9. The van der Waals surface area contributed by atoms with E-state index in [0.29, 0.717) is 11.8 Å². The van der Waals surface area contributed by atoms with Crippen LogP contribution in [0.5, 0.6) is 0 Å². The highest BCUT2D eigenvalue weighted by Gasteiger charge is 2.73. The lowest BCUT2D eigenvalue weighted by atomic mass is 9.64. The van der Waals surface area contributed by atoms with Gasteiger partial charge in [-0.2, -0.15) is 20.5 Å². The smallest absolute Gasteiger partial charge is 0.145 e. The maximum Gasteiger partial charge on any atom is 0.145 e. The molecule has 2 aliphatic heterocycles. The molecular weight excluding hydrogens is 484 g/mol. The molecule has 0 aromatic carbocycles. The normalized spacial score (nSPS) is 66.6. The zero-order chi connectivity index (χ0) is 12.1. The lowest BCUT2D eigenvalue weighted by Crippen LogP contribution is -2.59. The lowest BCUT2D eigenvalue weighted by Gasteiger charge is -2.52. The molecule has 2 aliphatic carbocycles. The molecule has 0 amide bonds. The Labute approximate surface area is 132 Å². The zero-order valence-electron chi connectivity index (χ0n) is 8.58. The van der Waals surface area contributed by atoms with Gasteiger partial charge in [-0.1, -0.05) is 63.7 Å². The molecule has 0 aromatic heterocycles. The van der Waals surface area contributed by atoms with Crippen molar-refractivity contribution in [1.82, 2.24) is 0 Å². The second-order valence-electron chi connectivity index (χ2n) is 5.37. The SMILES string of the molecule is Br[C@]12C[C@@]3(Br)N=N[C@@]4(Br)C[C@](Br)(N=N1)C2CC34. The molecule has 6 atom stereocenters. The second-order valence-corrected chi connectivity index (χ2v) is 10.9. The number of hydrogen-bond acceptors (Lipinski definition) is 4. The number of nitrogens with zero attached hydrogens (tertiary/aromatic N) is 4. The molecule has 0 radical (unpaired) electrons. The number of rotatable bonds is 0. The van der Waals surface area contributed by atoms with Gasteiger partial charge in [0.2, 0.25) is 0 Å². The summed E-state index contributed by atoms with van der Waals surface area (Å²) >= 11 is 15.1. The molecule has 4 nitrogen and oxygen atoms in total. The minimum atomic E-state index is -0.297. The Morgan fingerprint density at radius 3 is 1.24 bits per heavy atom. The molecule has 0 saturated heterocycles. The first-order chi connectivity index (χ1) is 7.80. The maximum atomic E-state index is 4.48. The number of halogens is 4. The van der Waals surface area contributed by atoms with Crippen LogP contribution in [0.15, 0.2) is 20.5 Å². The van der Waals surface area contributed by atoms with Crippen molar-refractivity contribution < 1.29 is 0 Å². The van der Waals surface area contributed by atoms with E-state index in [4.69, 9.17) is 0 Å². The van der Waals surface area contributed by atoms with Crippen LogP contribution in [0.25, 0.3) is 0 Å². The van der Waals surface area contributed by atoms with E-state index in [1.165, 1.54) is 0 Å². The van der Waals surface area contributed by atoms with Gasteiger partial charge >= 0.3 is 0 Å². The molecule has 0 spiro atoms. The number of azo groups is 2. The predicted molar refractivity (Wildman–Crippen MR) is 77.2 cm³/mol. The highest BCUT2D eigenvalue weighted by molar-refractivity contribution is 9.11. The molecular formula is C9H8Br4N4. The van der Waals surface area contributed by atoms with Crippen LogP contribution in [0.1, 0.15) is 19.3 Å². The van der Waals surface area contributed by atoms with E-state index in [0.717, 1.165) is 19.3 Å². The van der Waals surface area contributed by atoms with Crippen molar-refractivity contribution in [1.29, 1.82) is 0 Å². The minimum absolute atomic E-state index is 0.297. The van der Waals surface area contributed by atoms with E-state index in [1.807, 2.05) is 0 Å². The van der Waals surface area contributed by atoms with Gasteiger partial charge in [-0.25, -0.2) is 0 Å². The summed E-state index contributed by atoms with van der Waals surface area (Å²) < 4.78 is -1.19. The fourth-order valence-corrected chi connectivity index (χ4v) is 9.23. The summed E-state index contributed by atoms with van der Waals surface area (Å²) in [5, 5.41) is 17.9. The summed E-state index contributed by atoms with van der Waals surface area (Å²) in [6.07, 6.45) is 2.60. The predicted octanol–water partition coefficient (Wildman–Crippen LogP) is 4.71. The van der Waals surface area contributed by atoms with Gasteiger partial charge in [0.1, 0.15) is 17.8 Å². The van der Waals surface area contributed by atoms with Gasteiger partial charge < -0.3 is 0 Å². The maximum absolute atomic E-state index is 4.48. The third kappa shape index (κ3) is 1.29. The van der Waals surface area contributed by atoms with Crippen molar-refractivity contribution in [3.05, 3.63) is 0 Å². The van der Waals surface area contributed by atoms with Gasteiger partial charge in [0.15, 0.2) is 0 Å². The van der Waals surface area contributed by atoms with Crippen molar-refractivity contribution >= 4 is 63.7 Å². The molecule has 2 fully saturated rings. The van der Waals surface area contributed by atoms with Crippen molar-refractivity contribution in [2.45, 2.75) is 37.1 Å². The van der Waals surface area contributed by atoms with Crippen LogP contribution in [0.2, 0.25) is 0 Å². The fourth-order valence-electron chi connectivity index (χ4n) is 3.58. The van der Waals surface area contributed by atoms with Crippen LogP contribution >= 0.6 is 63.7 Å². The third-order valence-corrected chi connectivity index (χ3v) is 8.33. The van der Waals surface area contributed by atoms with Crippen LogP contribution in [0, 0.1) is 11.8 Å². The Bertz CT molecular complexity index is 406. The summed E-state index contributed by atoms with van der Waals surface area (Å²) in [5.74, 6) is 0.750. The fraction of sp³-hybridized carbons (Fsp3) is 1.00. The summed E-state index contributed by atoms with van der Waals surface area (Å²) in [6, 6.07) is 0. The van der Waals surface area contributed by atoms with Crippen LogP contribution < -0.4 is 0 Å². The molecule has 4 aliphatic rings. The average Bonchev–Trinajstić information content (AvgIpc) is 2.62. The summed E-state index contributed by atoms with van der Waals surface area (Å²) in [6.45, 7) is 0. The lowest BCUT2D eigenvalue weighted by molar-refractivity contribution is 0.110. The van der Waals surface area contributed by atoms with Gasteiger partial charge in [0.05, 0.1) is 0 Å². The molecule has 17 heavy (non-hydrogen) atoms. The number of hydrogen-bond donors (Lipinski definition) is 0. The first-order valence-electron chi connectivity index (χ1n) is 5.44. The first kappa shape index (κ1) is 11.9. The van der Waals surface area contributed by atoms with E-state index < -0.39 is 0 Å². The monoisotopic (exact) mass is 488 g/mol. The molecule has 2 saturated carbocycles. The van der Waals surface area contributed by atoms with E-state index in [2.05, 4.69) is 84.2 Å². The molecule has 2 heterocycles. The molecule has 8 heteroatoms. The van der Waals surface area contributed by atoms with E-state index in [1.54, 1.807) is 0 Å². The number of alkyl halides is 4. The van der Waals surface area contributed by atoms with Gasteiger partial charge in [-0.15, -0.1) is 0 Å². The van der Waals surface area contributed by atoms with Gasteiger partial charge in [0, 0.05) is 24.7 Å². The Kier molecular flexibility index (Phi) is 2.14. The Hall–Kier alpha value is 1.12. The first-order valence-corrected chi connectivity index (χ1v) is 8.61. The Balaban J connectivity index is 1.93. The van der Waals surface area contributed by atoms with Crippen molar-refractivity contribution in [2.75, 3.05) is 0 Å². The zero-order valence-corrected chi connectivity index (χ0v) is 14.9. The quantitative estimate of drug-likeness (QED) is 0.348. The van der Waals surface area contributed by atoms with Gasteiger partial charge in [0.25, 0.3) is 0 Å². The molecule has 2 unspecified atom stereocenters. The van der Waals surface area contributed by atoms with E-state index in [9.17, 15) is 0 Å². The van der Waals surface area contributed by atoms with Crippen molar-refractivity contribution in [3.63, 3.8) is 0 Å². The second kappa shape index (κ2) is 3.06. The van der Waals surface area contributed by atoms with Crippen LogP contribution in [-0.4, -0.2) is 17.8 Å². The minimum Gasteiger partial charge on any atom is -0.174 e. The van der Waals surface area contributed by atoms with E-state index in [-0.39, 0.29) is 17.8 Å². The summed E-state index contributed by atoms with van der Waals surface area (Å²) in [4.78, 5) is 0.